The molecule has 0 aliphatic heterocycles. The molecule has 0 bridgehead atoms. The number of nitrogens with one attached hydrogen (secondary N) is 1. The highest BCUT2D eigenvalue weighted by molar-refractivity contribution is 9.10. The van der Waals surface area contributed by atoms with Crippen molar-refractivity contribution in [3.63, 3.8) is 0 Å². The Morgan fingerprint density at radius 2 is 2.00 bits per heavy atom. The van der Waals surface area contributed by atoms with Gasteiger partial charge < -0.3 is 5.32 Å². The van der Waals surface area contributed by atoms with Crippen LogP contribution in [0.3, 0.4) is 0 Å². The van der Waals surface area contributed by atoms with E-state index >= 15 is 0 Å². The molecule has 88 valence electrons. The molecule has 1 fully saturated rings. The van der Waals surface area contributed by atoms with E-state index in [-0.39, 0.29) is 0 Å². The SMILES string of the molecule is CC(Cc1ccc(Br)cc1)NCC1CC1C. The Morgan fingerprint density at radius 3 is 2.56 bits per heavy atom. The van der Waals surface area contributed by atoms with Gasteiger partial charge in [0.25, 0.3) is 0 Å². The molecule has 16 heavy (non-hydrogen) atoms. The molecular weight excluding hydrogens is 262 g/mol. The van der Waals surface area contributed by atoms with Crippen molar-refractivity contribution >= 4 is 15.9 Å². The average Bonchev–Trinajstić information content (AvgIpc) is 2.95. The second-order valence-electron chi connectivity index (χ2n) is 5.11. The van der Waals surface area contributed by atoms with E-state index in [2.05, 4.69) is 59.4 Å². The smallest absolute Gasteiger partial charge is 0.0175 e. The summed E-state index contributed by atoms with van der Waals surface area (Å²) in [6.07, 6.45) is 2.53. The van der Waals surface area contributed by atoms with Crippen LogP contribution in [0.15, 0.2) is 28.7 Å². The van der Waals surface area contributed by atoms with E-state index in [9.17, 15) is 0 Å². The maximum absolute atomic E-state index is 3.63. The minimum atomic E-state index is 0.578. The molecule has 0 amide bonds. The van der Waals surface area contributed by atoms with Gasteiger partial charge in [0.1, 0.15) is 0 Å². The van der Waals surface area contributed by atoms with Crippen LogP contribution in [-0.4, -0.2) is 12.6 Å². The molecule has 1 aliphatic carbocycles. The van der Waals surface area contributed by atoms with E-state index in [4.69, 9.17) is 0 Å². The van der Waals surface area contributed by atoms with Crippen LogP contribution in [0.5, 0.6) is 0 Å². The molecule has 2 heteroatoms. The second kappa shape index (κ2) is 5.33. The quantitative estimate of drug-likeness (QED) is 0.869. The summed E-state index contributed by atoms with van der Waals surface area (Å²) in [5.41, 5.74) is 1.41. The summed E-state index contributed by atoms with van der Waals surface area (Å²) in [4.78, 5) is 0. The fourth-order valence-electron chi connectivity index (χ4n) is 2.08. The van der Waals surface area contributed by atoms with E-state index < -0.39 is 0 Å². The molecule has 1 aliphatic rings. The number of hydrogen-bond acceptors (Lipinski definition) is 1. The van der Waals surface area contributed by atoms with Crippen molar-refractivity contribution < 1.29 is 0 Å². The van der Waals surface area contributed by atoms with Crippen LogP contribution in [0.4, 0.5) is 0 Å². The lowest BCUT2D eigenvalue weighted by molar-refractivity contribution is 0.515. The van der Waals surface area contributed by atoms with Crippen LogP contribution in [0.1, 0.15) is 25.8 Å². The van der Waals surface area contributed by atoms with Crippen molar-refractivity contribution in [3.05, 3.63) is 34.3 Å². The third kappa shape index (κ3) is 3.60. The normalized spacial score (nSPS) is 25.4. The molecule has 0 radical (unpaired) electrons. The Morgan fingerprint density at radius 1 is 1.38 bits per heavy atom. The number of benzene rings is 1. The maximum Gasteiger partial charge on any atom is 0.0175 e. The van der Waals surface area contributed by atoms with Gasteiger partial charge in [0, 0.05) is 10.5 Å². The van der Waals surface area contributed by atoms with Crippen LogP contribution >= 0.6 is 15.9 Å². The van der Waals surface area contributed by atoms with Gasteiger partial charge in [0.15, 0.2) is 0 Å². The minimum Gasteiger partial charge on any atom is -0.314 e. The van der Waals surface area contributed by atoms with Crippen molar-refractivity contribution in [2.24, 2.45) is 11.8 Å². The molecule has 0 heterocycles. The first-order valence-corrected chi connectivity index (χ1v) is 6.92. The Hall–Kier alpha value is -0.340. The van der Waals surface area contributed by atoms with E-state index in [0.29, 0.717) is 6.04 Å². The van der Waals surface area contributed by atoms with Gasteiger partial charge in [-0.05, 0) is 55.8 Å². The molecule has 2 rings (SSSR count). The lowest BCUT2D eigenvalue weighted by Crippen LogP contribution is -2.30. The van der Waals surface area contributed by atoms with Gasteiger partial charge in [-0.15, -0.1) is 0 Å². The van der Waals surface area contributed by atoms with Gasteiger partial charge >= 0.3 is 0 Å². The van der Waals surface area contributed by atoms with Crippen LogP contribution < -0.4 is 5.32 Å². The molecular formula is C14H20BrN. The lowest BCUT2D eigenvalue weighted by atomic mass is 10.1. The van der Waals surface area contributed by atoms with Crippen molar-refractivity contribution in [3.8, 4) is 0 Å². The Labute approximate surface area is 107 Å². The van der Waals surface area contributed by atoms with Gasteiger partial charge in [0.2, 0.25) is 0 Å². The summed E-state index contributed by atoms with van der Waals surface area (Å²) in [6, 6.07) is 9.20. The predicted molar refractivity (Wildman–Crippen MR) is 72.6 cm³/mol. The van der Waals surface area contributed by atoms with Gasteiger partial charge in [-0.3, -0.25) is 0 Å². The highest BCUT2D eigenvalue weighted by atomic mass is 79.9. The molecule has 1 N–H and O–H groups in total. The summed E-state index contributed by atoms with van der Waals surface area (Å²) < 4.78 is 1.16. The highest BCUT2D eigenvalue weighted by Crippen LogP contribution is 2.36. The second-order valence-corrected chi connectivity index (χ2v) is 6.03. The molecule has 0 spiro atoms. The predicted octanol–water partition coefficient (Wildman–Crippen LogP) is 3.63. The maximum atomic E-state index is 3.63. The third-order valence-electron chi connectivity index (χ3n) is 3.46. The Bertz CT molecular complexity index is 333. The highest BCUT2D eigenvalue weighted by Gasteiger charge is 2.31. The minimum absolute atomic E-state index is 0.578. The van der Waals surface area contributed by atoms with Crippen molar-refractivity contribution in [2.75, 3.05) is 6.54 Å². The van der Waals surface area contributed by atoms with E-state index in [1.165, 1.54) is 18.5 Å². The molecule has 3 atom stereocenters. The zero-order valence-electron chi connectivity index (χ0n) is 10.0. The monoisotopic (exact) mass is 281 g/mol. The molecule has 1 nitrogen and oxygen atoms in total. The molecule has 1 saturated carbocycles. The van der Waals surface area contributed by atoms with Crippen LogP contribution in [0.2, 0.25) is 0 Å². The fraction of sp³-hybridized carbons (Fsp3) is 0.571. The Kier molecular flexibility index (Phi) is 4.04. The van der Waals surface area contributed by atoms with Crippen molar-refractivity contribution in [2.45, 2.75) is 32.7 Å². The molecule has 1 aromatic rings. The number of hydrogen-bond donors (Lipinski definition) is 1. The lowest BCUT2D eigenvalue weighted by Gasteiger charge is -2.13. The summed E-state index contributed by atoms with van der Waals surface area (Å²) in [6.45, 7) is 5.81. The van der Waals surface area contributed by atoms with Crippen LogP contribution in [-0.2, 0) is 6.42 Å². The zero-order chi connectivity index (χ0) is 11.5. The largest absolute Gasteiger partial charge is 0.314 e. The van der Waals surface area contributed by atoms with Crippen molar-refractivity contribution in [1.29, 1.82) is 0 Å². The average molecular weight is 282 g/mol. The summed E-state index contributed by atoms with van der Waals surface area (Å²) in [5.74, 6) is 1.89. The summed E-state index contributed by atoms with van der Waals surface area (Å²) >= 11 is 3.46. The van der Waals surface area contributed by atoms with Gasteiger partial charge in [0.05, 0.1) is 0 Å². The van der Waals surface area contributed by atoms with E-state index in [0.717, 1.165) is 22.7 Å². The van der Waals surface area contributed by atoms with E-state index in [1.807, 2.05) is 0 Å². The topological polar surface area (TPSA) is 12.0 Å². The first-order valence-electron chi connectivity index (χ1n) is 6.13. The van der Waals surface area contributed by atoms with Gasteiger partial charge in [-0.2, -0.15) is 0 Å². The molecule has 3 unspecified atom stereocenters. The molecule has 1 aromatic carbocycles. The fourth-order valence-corrected chi connectivity index (χ4v) is 2.35. The third-order valence-corrected chi connectivity index (χ3v) is 3.99. The van der Waals surface area contributed by atoms with E-state index in [1.54, 1.807) is 0 Å². The zero-order valence-corrected chi connectivity index (χ0v) is 11.6. The van der Waals surface area contributed by atoms with Gasteiger partial charge in [-0.25, -0.2) is 0 Å². The molecule has 0 aromatic heterocycles. The summed E-state index contributed by atoms with van der Waals surface area (Å²) in [7, 11) is 0. The first-order chi connectivity index (χ1) is 7.65. The van der Waals surface area contributed by atoms with Crippen LogP contribution in [0.25, 0.3) is 0 Å². The summed E-state index contributed by atoms with van der Waals surface area (Å²) in [5, 5.41) is 3.63. The number of halogens is 1. The van der Waals surface area contributed by atoms with Crippen molar-refractivity contribution in [1.82, 2.24) is 5.32 Å². The Balaban J connectivity index is 1.73. The standard InChI is InChI=1S/C14H20BrN/c1-10-7-13(10)9-16-11(2)8-12-3-5-14(15)6-4-12/h3-6,10-11,13,16H,7-9H2,1-2H3. The van der Waals surface area contributed by atoms with Gasteiger partial charge in [-0.1, -0.05) is 35.0 Å². The first kappa shape index (κ1) is 12.1. The number of rotatable bonds is 5. The molecule has 0 saturated heterocycles. The van der Waals surface area contributed by atoms with Crippen LogP contribution in [0, 0.1) is 11.8 Å².